The van der Waals surface area contributed by atoms with Gasteiger partial charge in [0.05, 0.1) is 0 Å². The zero-order chi connectivity index (χ0) is 17.5. The summed E-state index contributed by atoms with van der Waals surface area (Å²) in [4.78, 5) is 15.3. The standard InChI is InChI=1S/C21H25N3O/c1-2-16-5-3-6-17(13-16)15-22-10-4-11-24-21(25)19-7-8-20-18(14-19)9-12-23-20/h3,5-9,12-14,22-23H,2,4,10-11,15H2,1H3,(H,24,25). The van der Waals surface area contributed by atoms with Crippen LogP contribution in [0.15, 0.2) is 54.7 Å². The van der Waals surface area contributed by atoms with Gasteiger partial charge in [-0.2, -0.15) is 0 Å². The monoisotopic (exact) mass is 335 g/mol. The number of nitrogens with one attached hydrogen (secondary N) is 3. The number of aryl methyl sites for hydroxylation is 1. The molecule has 0 saturated carbocycles. The molecule has 0 atom stereocenters. The second kappa shape index (κ2) is 8.49. The van der Waals surface area contributed by atoms with Crippen LogP contribution in [0, 0.1) is 0 Å². The van der Waals surface area contributed by atoms with Gasteiger partial charge in [-0.1, -0.05) is 31.2 Å². The molecule has 25 heavy (non-hydrogen) atoms. The fourth-order valence-electron chi connectivity index (χ4n) is 2.90. The average Bonchev–Trinajstić information content (AvgIpc) is 3.12. The molecule has 0 spiro atoms. The second-order valence-corrected chi connectivity index (χ2v) is 6.24. The molecule has 4 heteroatoms. The highest BCUT2D eigenvalue weighted by Gasteiger charge is 2.06. The number of amides is 1. The molecule has 0 fully saturated rings. The Hall–Kier alpha value is -2.59. The molecule has 0 radical (unpaired) electrons. The van der Waals surface area contributed by atoms with E-state index >= 15 is 0 Å². The quantitative estimate of drug-likeness (QED) is 0.551. The third-order valence-electron chi connectivity index (χ3n) is 4.36. The molecule has 0 aliphatic heterocycles. The van der Waals surface area contributed by atoms with Crippen molar-refractivity contribution >= 4 is 16.8 Å². The largest absolute Gasteiger partial charge is 0.361 e. The first-order valence-corrected chi connectivity index (χ1v) is 8.90. The molecule has 2 aromatic carbocycles. The number of benzene rings is 2. The van der Waals surface area contributed by atoms with E-state index in [0.717, 1.165) is 36.8 Å². The van der Waals surface area contributed by atoms with E-state index in [4.69, 9.17) is 0 Å². The number of rotatable bonds is 8. The Balaban J connectivity index is 1.37. The molecule has 0 saturated heterocycles. The molecular weight excluding hydrogens is 310 g/mol. The van der Waals surface area contributed by atoms with Gasteiger partial charge in [0.2, 0.25) is 0 Å². The summed E-state index contributed by atoms with van der Waals surface area (Å²) >= 11 is 0. The summed E-state index contributed by atoms with van der Waals surface area (Å²) in [7, 11) is 0. The van der Waals surface area contributed by atoms with Gasteiger partial charge in [-0.3, -0.25) is 4.79 Å². The summed E-state index contributed by atoms with van der Waals surface area (Å²) in [5, 5.41) is 7.47. The van der Waals surface area contributed by atoms with Gasteiger partial charge in [-0.15, -0.1) is 0 Å². The third kappa shape index (κ3) is 4.70. The van der Waals surface area contributed by atoms with Crippen molar-refractivity contribution in [1.29, 1.82) is 0 Å². The minimum atomic E-state index is -0.0150. The molecular formula is C21H25N3O. The Bertz CT molecular complexity index is 838. The number of hydrogen-bond donors (Lipinski definition) is 3. The van der Waals surface area contributed by atoms with E-state index in [0.29, 0.717) is 12.1 Å². The summed E-state index contributed by atoms with van der Waals surface area (Å²) in [5.41, 5.74) is 4.43. The molecule has 0 bridgehead atoms. The van der Waals surface area contributed by atoms with Crippen LogP contribution in [0.4, 0.5) is 0 Å². The lowest BCUT2D eigenvalue weighted by Gasteiger charge is -2.08. The SMILES string of the molecule is CCc1cccc(CNCCCNC(=O)c2ccc3[nH]ccc3c2)c1. The predicted octanol–water partition coefficient (Wildman–Crippen LogP) is 3.64. The van der Waals surface area contributed by atoms with E-state index in [-0.39, 0.29) is 5.91 Å². The van der Waals surface area contributed by atoms with Crippen molar-refractivity contribution in [2.24, 2.45) is 0 Å². The van der Waals surface area contributed by atoms with E-state index in [2.05, 4.69) is 46.8 Å². The molecule has 1 amide bonds. The highest BCUT2D eigenvalue weighted by atomic mass is 16.1. The van der Waals surface area contributed by atoms with Crippen LogP contribution in [0.25, 0.3) is 10.9 Å². The summed E-state index contributed by atoms with van der Waals surface area (Å²) in [6.45, 7) is 4.59. The number of carbonyl (C=O) groups excluding carboxylic acids is 1. The summed E-state index contributed by atoms with van der Waals surface area (Å²) in [6.07, 6.45) is 3.86. The molecule has 3 N–H and O–H groups in total. The van der Waals surface area contributed by atoms with E-state index in [9.17, 15) is 4.79 Å². The fourth-order valence-corrected chi connectivity index (χ4v) is 2.90. The number of aromatic amines is 1. The fraction of sp³-hybridized carbons (Fsp3) is 0.286. The van der Waals surface area contributed by atoms with Crippen molar-refractivity contribution in [2.75, 3.05) is 13.1 Å². The topological polar surface area (TPSA) is 56.9 Å². The Morgan fingerprint density at radius 2 is 1.92 bits per heavy atom. The zero-order valence-electron chi connectivity index (χ0n) is 14.6. The smallest absolute Gasteiger partial charge is 0.251 e. The Morgan fingerprint density at radius 1 is 1.04 bits per heavy atom. The molecule has 4 nitrogen and oxygen atoms in total. The van der Waals surface area contributed by atoms with Gasteiger partial charge in [0.15, 0.2) is 0 Å². The lowest BCUT2D eigenvalue weighted by molar-refractivity contribution is 0.0953. The van der Waals surface area contributed by atoms with Crippen LogP contribution in [0.1, 0.15) is 34.8 Å². The number of H-pyrrole nitrogens is 1. The minimum Gasteiger partial charge on any atom is -0.361 e. The van der Waals surface area contributed by atoms with Crippen molar-refractivity contribution in [2.45, 2.75) is 26.3 Å². The van der Waals surface area contributed by atoms with E-state index < -0.39 is 0 Å². The second-order valence-electron chi connectivity index (χ2n) is 6.24. The van der Waals surface area contributed by atoms with Crippen LogP contribution in [-0.2, 0) is 13.0 Å². The van der Waals surface area contributed by atoms with E-state index in [1.807, 2.05) is 30.5 Å². The van der Waals surface area contributed by atoms with Gasteiger partial charge in [0.1, 0.15) is 0 Å². The van der Waals surface area contributed by atoms with Crippen molar-refractivity contribution in [3.8, 4) is 0 Å². The first kappa shape index (κ1) is 17.2. The Labute approximate surface area is 148 Å². The van der Waals surface area contributed by atoms with Crippen LogP contribution in [0.3, 0.4) is 0 Å². The predicted molar refractivity (Wildman–Crippen MR) is 103 cm³/mol. The molecule has 0 aliphatic carbocycles. The number of fused-ring (bicyclic) bond motifs is 1. The van der Waals surface area contributed by atoms with Crippen molar-refractivity contribution in [3.63, 3.8) is 0 Å². The minimum absolute atomic E-state index is 0.0150. The normalized spacial score (nSPS) is 10.9. The summed E-state index contributed by atoms with van der Waals surface area (Å²) in [6, 6.07) is 16.3. The molecule has 3 aromatic rings. The van der Waals surface area contributed by atoms with Crippen LogP contribution in [-0.4, -0.2) is 24.0 Å². The summed E-state index contributed by atoms with van der Waals surface area (Å²) < 4.78 is 0. The number of hydrogen-bond acceptors (Lipinski definition) is 2. The van der Waals surface area contributed by atoms with Crippen LogP contribution in [0.5, 0.6) is 0 Å². The molecule has 130 valence electrons. The van der Waals surface area contributed by atoms with Gasteiger partial charge in [-0.05, 0) is 54.8 Å². The molecule has 3 rings (SSSR count). The van der Waals surface area contributed by atoms with Crippen molar-refractivity contribution in [1.82, 2.24) is 15.6 Å². The van der Waals surface area contributed by atoms with Crippen molar-refractivity contribution in [3.05, 3.63) is 71.4 Å². The molecule has 1 heterocycles. The van der Waals surface area contributed by atoms with Crippen LogP contribution < -0.4 is 10.6 Å². The lowest BCUT2D eigenvalue weighted by Crippen LogP contribution is -2.27. The summed E-state index contributed by atoms with van der Waals surface area (Å²) in [5.74, 6) is -0.0150. The molecule has 0 aliphatic rings. The Kier molecular flexibility index (Phi) is 5.86. The maximum Gasteiger partial charge on any atom is 0.251 e. The van der Waals surface area contributed by atoms with E-state index in [1.54, 1.807) is 0 Å². The maximum atomic E-state index is 12.2. The number of aromatic nitrogens is 1. The zero-order valence-corrected chi connectivity index (χ0v) is 14.6. The van der Waals surface area contributed by atoms with Gasteiger partial charge in [0, 0.05) is 35.8 Å². The highest BCUT2D eigenvalue weighted by Crippen LogP contribution is 2.14. The van der Waals surface area contributed by atoms with Crippen LogP contribution >= 0.6 is 0 Å². The van der Waals surface area contributed by atoms with Crippen molar-refractivity contribution < 1.29 is 4.79 Å². The number of carbonyl (C=O) groups is 1. The molecule has 0 unspecified atom stereocenters. The van der Waals surface area contributed by atoms with Crippen LogP contribution in [0.2, 0.25) is 0 Å². The van der Waals surface area contributed by atoms with E-state index in [1.165, 1.54) is 11.1 Å². The van der Waals surface area contributed by atoms with Gasteiger partial charge >= 0.3 is 0 Å². The third-order valence-corrected chi connectivity index (χ3v) is 4.36. The van der Waals surface area contributed by atoms with Gasteiger partial charge < -0.3 is 15.6 Å². The first-order chi connectivity index (χ1) is 12.3. The average molecular weight is 335 g/mol. The maximum absolute atomic E-state index is 12.2. The lowest BCUT2D eigenvalue weighted by atomic mass is 10.1. The highest BCUT2D eigenvalue weighted by molar-refractivity contribution is 5.98. The molecule has 1 aromatic heterocycles. The van der Waals surface area contributed by atoms with Gasteiger partial charge in [-0.25, -0.2) is 0 Å². The first-order valence-electron chi connectivity index (χ1n) is 8.90. The Morgan fingerprint density at radius 3 is 2.80 bits per heavy atom. The van der Waals surface area contributed by atoms with Gasteiger partial charge in [0.25, 0.3) is 5.91 Å².